The van der Waals surface area contributed by atoms with Crippen LogP contribution in [0.4, 0.5) is 11.4 Å². The molecule has 7 nitrogen and oxygen atoms in total. The molecule has 1 aliphatic heterocycles. The number of carbonyl (C=O) groups excluding carboxylic acids is 2. The van der Waals surface area contributed by atoms with Crippen LogP contribution in [0.25, 0.3) is 0 Å². The summed E-state index contributed by atoms with van der Waals surface area (Å²) >= 11 is 1.18. The summed E-state index contributed by atoms with van der Waals surface area (Å²) in [5.74, 6) is -1.24. The molecule has 0 unspecified atom stereocenters. The summed E-state index contributed by atoms with van der Waals surface area (Å²) in [6, 6.07) is 8.49. The fourth-order valence-corrected chi connectivity index (χ4v) is 5.53. The number of rotatable bonds is 6. The van der Waals surface area contributed by atoms with Crippen LogP contribution in [0.3, 0.4) is 0 Å². The average molecular weight is 423 g/mol. The summed E-state index contributed by atoms with van der Waals surface area (Å²) in [5, 5.41) is 4.39. The minimum Gasteiger partial charge on any atom is -0.455 e. The Hall–Kier alpha value is -2.39. The Kier molecular flexibility index (Phi) is 6.04. The molecule has 1 aliphatic rings. The molecule has 1 aromatic heterocycles. The molecule has 0 spiro atoms. The molecule has 0 radical (unpaired) electrons. The Balaban J connectivity index is 1.79. The number of hydrogen-bond donors (Lipinski definition) is 1. The fourth-order valence-electron chi connectivity index (χ4n) is 2.89. The molecule has 28 heavy (non-hydrogen) atoms. The Bertz CT molecular complexity index is 968. The number of thiophene rings is 1. The number of esters is 1. The summed E-state index contributed by atoms with van der Waals surface area (Å²) in [6.07, 6.45) is 1.50. The van der Waals surface area contributed by atoms with Crippen molar-refractivity contribution >= 4 is 44.6 Å². The topological polar surface area (TPSA) is 92.8 Å². The number of carbonyl (C=O) groups is 2. The molecule has 3 rings (SSSR count). The van der Waals surface area contributed by atoms with Gasteiger partial charge in [0.2, 0.25) is 0 Å². The Morgan fingerprint density at radius 1 is 1.29 bits per heavy atom. The van der Waals surface area contributed by atoms with Gasteiger partial charge in [-0.3, -0.25) is 13.9 Å². The van der Waals surface area contributed by atoms with Gasteiger partial charge < -0.3 is 10.1 Å². The number of aryl methyl sites for hydroxylation is 1. The van der Waals surface area contributed by atoms with E-state index in [-0.39, 0.29) is 16.7 Å². The first kappa shape index (κ1) is 20.3. The number of fused-ring (bicyclic) bond motifs is 1. The maximum Gasteiger partial charge on any atom is 0.308 e. The summed E-state index contributed by atoms with van der Waals surface area (Å²) < 4.78 is 32.6. The van der Waals surface area contributed by atoms with Gasteiger partial charge in [-0.05, 0) is 42.0 Å². The standard InChI is InChI=1S/C19H22N2O5S2/c1-13(2)19(23)26-12-17(22)20-15-8-7-14-5-3-9-21(16(14)11-15)28(24,25)18-6-4-10-27-18/h4,6-8,10-11,13H,3,5,9,12H2,1-2H3,(H,20,22). The highest BCUT2D eigenvalue weighted by Crippen LogP contribution is 2.35. The van der Waals surface area contributed by atoms with Gasteiger partial charge in [-0.2, -0.15) is 0 Å². The molecule has 150 valence electrons. The van der Waals surface area contributed by atoms with Crippen molar-refractivity contribution < 1.29 is 22.7 Å². The molecular weight excluding hydrogens is 400 g/mol. The fraction of sp³-hybridized carbons (Fsp3) is 0.368. The molecule has 9 heteroatoms. The maximum atomic E-state index is 13.0. The zero-order valence-corrected chi connectivity index (χ0v) is 17.3. The van der Waals surface area contributed by atoms with Crippen molar-refractivity contribution in [1.82, 2.24) is 0 Å². The van der Waals surface area contributed by atoms with E-state index in [4.69, 9.17) is 4.74 Å². The predicted molar refractivity (Wildman–Crippen MR) is 108 cm³/mol. The summed E-state index contributed by atoms with van der Waals surface area (Å²) in [5.41, 5.74) is 1.94. The van der Waals surface area contributed by atoms with Crippen molar-refractivity contribution in [2.45, 2.75) is 30.9 Å². The van der Waals surface area contributed by atoms with E-state index in [9.17, 15) is 18.0 Å². The maximum absolute atomic E-state index is 13.0. The molecule has 0 atom stereocenters. The molecule has 0 aliphatic carbocycles. The first-order valence-electron chi connectivity index (χ1n) is 8.94. The monoisotopic (exact) mass is 422 g/mol. The number of nitrogens with zero attached hydrogens (tertiary/aromatic N) is 1. The van der Waals surface area contributed by atoms with Crippen molar-refractivity contribution in [3.63, 3.8) is 0 Å². The number of benzene rings is 1. The lowest BCUT2D eigenvalue weighted by Gasteiger charge is -2.30. The van der Waals surface area contributed by atoms with Crippen LogP contribution in [-0.4, -0.2) is 33.4 Å². The Morgan fingerprint density at radius 2 is 2.07 bits per heavy atom. The smallest absolute Gasteiger partial charge is 0.308 e. The van der Waals surface area contributed by atoms with E-state index in [2.05, 4.69) is 5.32 Å². The van der Waals surface area contributed by atoms with E-state index in [1.165, 1.54) is 15.6 Å². The zero-order chi connectivity index (χ0) is 20.3. The van der Waals surface area contributed by atoms with Crippen molar-refractivity contribution in [3.05, 3.63) is 41.3 Å². The van der Waals surface area contributed by atoms with Gasteiger partial charge in [-0.25, -0.2) is 8.42 Å². The Morgan fingerprint density at radius 3 is 2.75 bits per heavy atom. The van der Waals surface area contributed by atoms with E-state index in [1.54, 1.807) is 43.5 Å². The molecule has 0 fully saturated rings. The highest BCUT2D eigenvalue weighted by atomic mass is 32.2. The van der Waals surface area contributed by atoms with Gasteiger partial charge in [0.05, 0.1) is 11.6 Å². The minimum absolute atomic E-state index is 0.287. The molecular formula is C19H22N2O5S2. The van der Waals surface area contributed by atoms with Crippen LogP contribution in [0.5, 0.6) is 0 Å². The van der Waals surface area contributed by atoms with Gasteiger partial charge >= 0.3 is 5.97 Å². The average Bonchev–Trinajstić information content (AvgIpc) is 3.21. The highest BCUT2D eigenvalue weighted by Gasteiger charge is 2.30. The van der Waals surface area contributed by atoms with Crippen molar-refractivity contribution in [2.75, 3.05) is 22.8 Å². The molecule has 2 heterocycles. The molecule has 2 aromatic rings. The first-order chi connectivity index (χ1) is 13.3. The number of sulfonamides is 1. The molecule has 1 N–H and O–H groups in total. The van der Waals surface area contributed by atoms with Gasteiger partial charge in [0.25, 0.3) is 15.9 Å². The SMILES string of the molecule is CC(C)C(=O)OCC(=O)Nc1ccc2c(c1)N(S(=O)(=O)c1cccs1)CCC2. The molecule has 0 bridgehead atoms. The normalized spacial score (nSPS) is 13.9. The largest absolute Gasteiger partial charge is 0.455 e. The predicted octanol–water partition coefficient (Wildman–Crippen LogP) is 3.03. The molecule has 1 amide bonds. The van der Waals surface area contributed by atoms with Crippen LogP contribution >= 0.6 is 11.3 Å². The van der Waals surface area contributed by atoms with Crippen molar-refractivity contribution in [2.24, 2.45) is 5.92 Å². The molecule has 1 aromatic carbocycles. The molecule has 0 saturated carbocycles. The van der Waals surface area contributed by atoms with Crippen LogP contribution in [0.15, 0.2) is 39.9 Å². The number of ether oxygens (including phenoxy) is 1. The minimum atomic E-state index is -3.64. The molecule has 0 saturated heterocycles. The third kappa shape index (κ3) is 4.36. The second kappa shape index (κ2) is 8.32. The van der Waals surface area contributed by atoms with Gasteiger partial charge in [-0.15, -0.1) is 11.3 Å². The second-order valence-electron chi connectivity index (χ2n) is 6.77. The number of amides is 1. The third-order valence-electron chi connectivity index (χ3n) is 4.30. The number of nitrogens with one attached hydrogen (secondary N) is 1. The lowest BCUT2D eigenvalue weighted by atomic mass is 10.0. The van der Waals surface area contributed by atoms with Crippen molar-refractivity contribution in [1.29, 1.82) is 0 Å². The summed E-state index contributed by atoms with van der Waals surface area (Å²) in [7, 11) is -3.64. The van der Waals surface area contributed by atoms with Gasteiger partial charge in [-0.1, -0.05) is 26.0 Å². The van der Waals surface area contributed by atoms with Crippen LogP contribution in [0.2, 0.25) is 0 Å². The van der Waals surface area contributed by atoms with E-state index in [1.807, 2.05) is 6.07 Å². The second-order valence-corrected chi connectivity index (χ2v) is 9.80. The van der Waals surface area contributed by atoms with Crippen LogP contribution in [0.1, 0.15) is 25.8 Å². The summed E-state index contributed by atoms with van der Waals surface area (Å²) in [4.78, 5) is 23.5. The van der Waals surface area contributed by atoms with Crippen molar-refractivity contribution in [3.8, 4) is 0 Å². The van der Waals surface area contributed by atoms with E-state index in [0.29, 0.717) is 17.9 Å². The number of anilines is 2. The lowest BCUT2D eigenvalue weighted by Crippen LogP contribution is -2.35. The quantitative estimate of drug-likeness (QED) is 0.723. The van der Waals surface area contributed by atoms with E-state index >= 15 is 0 Å². The highest BCUT2D eigenvalue weighted by molar-refractivity contribution is 7.94. The first-order valence-corrected chi connectivity index (χ1v) is 11.3. The van der Waals surface area contributed by atoms with E-state index in [0.717, 1.165) is 18.4 Å². The zero-order valence-electron chi connectivity index (χ0n) is 15.7. The van der Waals surface area contributed by atoms with Crippen LogP contribution in [-0.2, 0) is 30.8 Å². The third-order valence-corrected chi connectivity index (χ3v) is 7.49. The van der Waals surface area contributed by atoms with E-state index < -0.39 is 21.9 Å². The summed E-state index contributed by atoms with van der Waals surface area (Å²) in [6.45, 7) is 3.38. The van der Waals surface area contributed by atoms with Gasteiger partial charge in [0.15, 0.2) is 6.61 Å². The number of hydrogen-bond acceptors (Lipinski definition) is 6. The van der Waals surface area contributed by atoms with Gasteiger partial charge in [0.1, 0.15) is 4.21 Å². The van der Waals surface area contributed by atoms with Crippen LogP contribution < -0.4 is 9.62 Å². The van der Waals surface area contributed by atoms with Gasteiger partial charge in [0, 0.05) is 12.2 Å². The van der Waals surface area contributed by atoms with Crippen LogP contribution in [0, 0.1) is 5.92 Å². The Labute approximate surface area is 168 Å². The lowest BCUT2D eigenvalue weighted by molar-refractivity contribution is -0.150.